The lowest BCUT2D eigenvalue weighted by Crippen LogP contribution is -2.34. The van der Waals surface area contributed by atoms with Gasteiger partial charge < -0.3 is 4.42 Å². The zero-order valence-electron chi connectivity index (χ0n) is 13.0. The molecule has 1 unspecified atom stereocenters. The van der Waals surface area contributed by atoms with Gasteiger partial charge in [-0.25, -0.2) is 9.97 Å². The fourth-order valence-electron chi connectivity index (χ4n) is 3.32. The molecule has 3 aromatic rings. The first-order valence-electron chi connectivity index (χ1n) is 7.84. The van der Waals surface area contributed by atoms with Crippen molar-refractivity contribution < 1.29 is 4.42 Å². The van der Waals surface area contributed by atoms with Crippen LogP contribution < -0.4 is 0 Å². The Morgan fingerprint density at radius 2 is 2.14 bits per heavy atom. The summed E-state index contributed by atoms with van der Waals surface area (Å²) in [5, 5.41) is 0. The Morgan fingerprint density at radius 1 is 1.23 bits per heavy atom. The summed E-state index contributed by atoms with van der Waals surface area (Å²) in [6.07, 6.45) is 5.72. The average molecular weight is 296 g/mol. The van der Waals surface area contributed by atoms with Crippen LogP contribution in [-0.4, -0.2) is 33.0 Å². The second-order valence-corrected chi connectivity index (χ2v) is 6.02. The van der Waals surface area contributed by atoms with Crippen molar-refractivity contribution in [1.29, 1.82) is 0 Å². The monoisotopic (exact) mass is 296 g/mol. The lowest BCUT2D eigenvalue weighted by atomic mass is 10.1. The molecule has 22 heavy (non-hydrogen) atoms. The number of rotatable bonds is 2. The number of hydrogen-bond acceptors (Lipinski definition) is 4. The largest absolute Gasteiger partial charge is 0.458 e. The average Bonchev–Trinajstić information content (AvgIpc) is 3.11. The highest BCUT2D eigenvalue weighted by atomic mass is 16.3. The molecule has 0 saturated carbocycles. The Hall–Kier alpha value is -2.14. The number of pyridine rings is 1. The SMILES string of the molecule is Cc1ccc(-c2nc3cccnc3n2C2CCCCN2C)o1. The van der Waals surface area contributed by atoms with E-state index in [1.54, 1.807) is 0 Å². The van der Waals surface area contributed by atoms with Gasteiger partial charge in [0.2, 0.25) is 0 Å². The predicted octanol–water partition coefficient (Wildman–Crippen LogP) is 3.61. The van der Waals surface area contributed by atoms with Crippen LogP contribution in [0.1, 0.15) is 31.2 Å². The van der Waals surface area contributed by atoms with Crippen LogP contribution in [0.4, 0.5) is 0 Å². The summed E-state index contributed by atoms with van der Waals surface area (Å²) >= 11 is 0. The van der Waals surface area contributed by atoms with Crippen LogP contribution in [0.3, 0.4) is 0 Å². The molecule has 0 aromatic carbocycles. The summed E-state index contributed by atoms with van der Waals surface area (Å²) in [5.41, 5.74) is 1.86. The molecule has 0 amide bonds. The topological polar surface area (TPSA) is 47.1 Å². The van der Waals surface area contributed by atoms with Gasteiger partial charge >= 0.3 is 0 Å². The zero-order valence-corrected chi connectivity index (χ0v) is 13.0. The number of fused-ring (bicyclic) bond motifs is 1. The van der Waals surface area contributed by atoms with Gasteiger partial charge in [0.1, 0.15) is 11.3 Å². The van der Waals surface area contributed by atoms with Gasteiger partial charge in [-0.05, 0) is 64.0 Å². The molecule has 114 valence electrons. The molecule has 0 N–H and O–H groups in total. The van der Waals surface area contributed by atoms with E-state index in [-0.39, 0.29) is 6.17 Å². The van der Waals surface area contributed by atoms with E-state index >= 15 is 0 Å². The first-order chi connectivity index (χ1) is 10.7. The molecule has 5 nitrogen and oxygen atoms in total. The Labute approximate surface area is 129 Å². The number of likely N-dealkylation sites (tertiary alicyclic amines) is 1. The van der Waals surface area contributed by atoms with Crippen molar-refractivity contribution in [1.82, 2.24) is 19.4 Å². The molecule has 5 heteroatoms. The molecule has 3 aromatic heterocycles. The van der Waals surface area contributed by atoms with E-state index < -0.39 is 0 Å². The molecule has 4 heterocycles. The third-order valence-corrected chi connectivity index (χ3v) is 4.44. The third kappa shape index (κ3) is 2.13. The van der Waals surface area contributed by atoms with E-state index in [0.29, 0.717) is 0 Å². The number of furan rings is 1. The molecule has 0 aliphatic carbocycles. The number of imidazole rings is 1. The second-order valence-electron chi connectivity index (χ2n) is 6.02. The maximum Gasteiger partial charge on any atom is 0.179 e. The highest BCUT2D eigenvalue weighted by Gasteiger charge is 2.27. The normalized spacial score (nSPS) is 19.8. The van der Waals surface area contributed by atoms with Gasteiger partial charge in [-0.1, -0.05) is 0 Å². The number of nitrogens with zero attached hydrogens (tertiary/aromatic N) is 4. The van der Waals surface area contributed by atoms with E-state index in [0.717, 1.165) is 41.5 Å². The summed E-state index contributed by atoms with van der Waals surface area (Å²) in [4.78, 5) is 11.7. The van der Waals surface area contributed by atoms with Crippen molar-refractivity contribution in [3.05, 3.63) is 36.2 Å². The Bertz CT molecular complexity index is 804. The molecule has 0 radical (unpaired) electrons. The third-order valence-electron chi connectivity index (χ3n) is 4.44. The first-order valence-corrected chi connectivity index (χ1v) is 7.84. The Kier molecular flexibility index (Phi) is 3.22. The summed E-state index contributed by atoms with van der Waals surface area (Å²) in [6.45, 7) is 3.06. The van der Waals surface area contributed by atoms with Crippen LogP contribution in [0, 0.1) is 6.92 Å². The van der Waals surface area contributed by atoms with Gasteiger partial charge in [-0.2, -0.15) is 0 Å². The molecule has 0 bridgehead atoms. The van der Waals surface area contributed by atoms with Crippen molar-refractivity contribution in [2.45, 2.75) is 32.4 Å². The van der Waals surface area contributed by atoms with Gasteiger partial charge in [-0.3, -0.25) is 9.47 Å². The number of aromatic nitrogens is 3. The second kappa shape index (κ2) is 5.25. The van der Waals surface area contributed by atoms with Crippen LogP contribution in [0.2, 0.25) is 0 Å². The minimum absolute atomic E-state index is 0.286. The van der Waals surface area contributed by atoms with E-state index in [1.165, 1.54) is 12.8 Å². The fraction of sp³-hybridized carbons (Fsp3) is 0.412. The highest BCUT2D eigenvalue weighted by molar-refractivity contribution is 5.76. The summed E-state index contributed by atoms with van der Waals surface area (Å²) in [7, 11) is 2.18. The van der Waals surface area contributed by atoms with Crippen molar-refractivity contribution in [3.63, 3.8) is 0 Å². The van der Waals surface area contributed by atoms with Crippen LogP contribution in [0.25, 0.3) is 22.7 Å². The van der Waals surface area contributed by atoms with Crippen LogP contribution in [0.5, 0.6) is 0 Å². The van der Waals surface area contributed by atoms with Crippen molar-refractivity contribution >= 4 is 11.2 Å². The van der Waals surface area contributed by atoms with Crippen LogP contribution in [-0.2, 0) is 0 Å². The van der Waals surface area contributed by atoms with Gasteiger partial charge in [-0.15, -0.1) is 0 Å². The maximum atomic E-state index is 5.84. The first kappa shape index (κ1) is 13.5. The number of piperidine rings is 1. The summed E-state index contributed by atoms with van der Waals surface area (Å²) < 4.78 is 8.08. The molecule has 1 aliphatic rings. The van der Waals surface area contributed by atoms with Gasteiger partial charge in [0.25, 0.3) is 0 Å². The van der Waals surface area contributed by atoms with E-state index in [2.05, 4.69) is 21.5 Å². The Morgan fingerprint density at radius 3 is 2.91 bits per heavy atom. The smallest absolute Gasteiger partial charge is 0.179 e. The molecule has 1 saturated heterocycles. The van der Waals surface area contributed by atoms with E-state index in [1.807, 2.05) is 37.4 Å². The predicted molar refractivity (Wildman–Crippen MR) is 85.5 cm³/mol. The van der Waals surface area contributed by atoms with Crippen LogP contribution in [0.15, 0.2) is 34.9 Å². The van der Waals surface area contributed by atoms with Crippen LogP contribution >= 0.6 is 0 Å². The Balaban J connectivity index is 1.93. The molecule has 1 atom stereocenters. The molecular formula is C17H20N4O. The molecular weight excluding hydrogens is 276 g/mol. The van der Waals surface area contributed by atoms with E-state index in [4.69, 9.17) is 9.40 Å². The minimum atomic E-state index is 0.286. The molecule has 0 spiro atoms. The molecule has 4 rings (SSSR count). The van der Waals surface area contributed by atoms with Crippen molar-refractivity contribution in [2.75, 3.05) is 13.6 Å². The number of aryl methyl sites for hydroxylation is 1. The summed E-state index contributed by atoms with van der Waals surface area (Å²) in [5.74, 6) is 2.59. The quantitative estimate of drug-likeness (QED) is 0.724. The minimum Gasteiger partial charge on any atom is -0.458 e. The highest BCUT2D eigenvalue weighted by Crippen LogP contribution is 2.33. The van der Waals surface area contributed by atoms with Crippen molar-refractivity contribution in [3.8, 4) is 11.6 Å². The maximum absolute atomic E-state index is 5.84. The summed E-state index contributed by atoms with van der Waals surface area (Å²) in [6, 6.07) is 7.93. The lowest BCUT2D eigenvalue weighted by Gasteiger charge is -2.34. The van der Waals surface area contributed by atoms with Gasteiger partial charge in [0, 0.05) is 6.20 Å². The molecule has 1 fully saturated rings. The fourth-order valence-corrected chi connectivity index (χ4v) is 3.32. The number of hydrogen-bond donors (Lipinski definition) is 0. The van der Waals surface area contributed by atoms with Gasteiger partial charge in [0.15, 0.2) is 17.2 Å². The zero-order chi connectivity index (χ0) is 15.1. The molecule has 1 aliphatic heterocycles. The van der Waals surface area contributed by atoms with Crippen molar-refractivity contribution in [2.24, 2.45) is 0 Å². The van der Waals surface area contributed by atoms with Gasteiger partial charge in [0.05, 0.1) is 6.17 Å². The standard InChI is InChI=1S/C17H20N4O/c1-12-8-9-14(22-12)17-19-13-6-5-10-18-16(13)21(17)15-7-3-4-11-20(15)2/h5-6,8-10,15H,3-4,7,11H2,1-2H3. The van der Waals surface area contributed by atoms with E-state index in [9.17, 15) is 0 Å². The lowest BCUT2D eigenvalue weighted by molar-refractivity contribution is 0.131.